The maximum absolute atomic E-state index is 15.8. The summed E-state index contributed by atoms with van der Waals surface area (Å²) in [4.78, 5) is 58.7. The number of hydrogen-bond donors (Lipinski definition) is 1. The van der Waals surface area contributed by atoms with Crippen molar-refractivity contribution in [3.63, 3.8) is 0 Å². The number of carbonyl (C=O) groups excluding carboxylic acids is 4. The number of hydrogen-bond acceptors (Lipinski definition) is 6. The number of piperidine rings is 1. The second-order valence-corrected chi connectivity index (χ2v) is 10.4. The highest BCUT2D eigenvalue weighted by atomic mass is 19.1. The van der Waals surface area contributed by atoms with Crippen molar-refractivity contribution >= 4 is 23.6 Å². The van der Waals surface area contributed by atoms with Crippen LogP contribution < -0.4 is 5.32 Å². The number of imide groups is 1. The molecule has 0 spiro atoms. The van der Waals surface area contributed by atoms with Crippen LogP contribution in [0.2, 0.25) is 0 Å². The van der Waals surface area contributed by atoms with Gasteiger partial charge in [-0.1, -0.05) is 6.07 Å². The largest absolute Gasteiger partial charge is 0.340 e. The van der Waals surface area contributed by atoms with Crippen LogP contribution in [0, 0.1) is 5.82 Å². The molecule has 4 amide bonds. The molecule has 1 aromatic heterocycles. The molecule has 3 unspecified atom stereocenters. The van der Waals surface area contributed by atoms with E-state index in [2.05, 4.69) is 15.2 Å². The van der Waals surface area contributed by atoms with Gasteiger partial charge in [-0.3, -0.25) is 34.4 Å². The number of pyridine rings is 1. The molecule has 3 fully saturated rings. The lowest BCUT2D eigenvalue weighted by atomic mass is 10.0. The van der Waals surface area contributed by atoms with Crippen LogP contribution in [0.5, 0.6) is 0 Å². The van der Waals surface area contributed by atoms with Crippen molar-refractivity contribution in [2.75, 3.05) is 13.1 Å². The number of aromatic nitrogens is 1. The fourth-order valence-electron chi connectivity index (χ4n) is 6.23. The Morgan fingerprint density at radius 3 is 2.57 bits per heavy atom. The minimum absolute atomic E-state index is 0.0835. The molecule has 6 rings (SSSR count). The van der Waals surface area contributed by atoms with Gasteiger partial charge in [-0.25, -0.2) is 4.39 Å². The number of piperazine rings is 1. The smallest absolute Gasteiger partial charge is 0.255 e. The first-order valence-electron chi connectivity index (χ1n) is 12.7. The van der Waals surface area contributed by atoms with E-state index in [9.17, 15) is 19.2 Å². The monoisotopic (exact) mass is 505 g/mol. The van der Waals surface area contributed by atoms with Crippen LogP contribution in [0.4, 0.5) is 4.39 Å². The third kappa shape index (κ3) is 4.09. The number of nitrogens with zero attached hydrogens (tertiary/aromatic N) is 4. The fourth-order valence-corrected chi connectivity index (χ4v) is 6.23. The highest BCUT2D eigenvalue weighted by Crippen LogP contribution is 2.35. The van der Waals surface area contributed by atoms with E-state index in [1.54, 1.807) is 37.4 Å². The minimum Gasteiger partial charge on any atom is -0.340 e. The standard InChI is InChI=1S/C27H28FN5O4/c1-15(34)31-13-19-3-4-20(14-31)32(19)11-17-8-9-29-25(24(17)28)16-2-5-21-18(10-16)12-33(27(21)37)22-6-7-23(35)30-26(22)36/h2,5,8-10,19-20,22H,3-4,6-7,11-14H2,1H3,(H,30,35,36). The zero-order valence-electron chi connectivity index (χ0n) is 20.6. The van der Waals surface area contributed by atoms with Crippen molar-refractivity contribution in [3.05, 3.63) is 53.0 Å². The molecule has 5 heterocycles. The van der Waals surface area contributed by atoms with Crippen LogP contribution in [0.15, 0.2) is 30.5 Å². The Morgan fingerprint density at radius 1 is 1.11 bits per heavy atom. The Labute approximate surface area is 213 Å². The van der Waals surface area contributed by atoms with E-state index in [-0.39, 0.29) is 60.7 Å². The molecule has 0 aliphatic carbocycles. The third-order valence-electron chi connectivity index (χ3n) is 8.20. The van der Waals surface area contributed by atoms with Gasteiger partial charge in [0.25, 0.3) is 5.91 Å². The van der Waals surface area contributed by atoms with Crippen molar-refractivity contribution in [3.8, 4) is 11.3 Å². The van der Waals surface area contributed by atoms with Crippen LogP contribution in [0.3, 0.4) is 0 Å². The Hall–Kier alpha value is -3.66. The van der Waals surface area contributed by atoms with E-state index in [1.807, 2.05) is 4.90 Å². The lowest BCUT2D eigenvalue weighted by Crippen LogP contribution is -2.54. The number of carbonyl (C=O) groups is 4. The molecule has 3 atom stereocenters. The van der Waals surface area contributed by atoms with Crippen LogP contribution in [-0.4, -0.2) is 74.5 Å². The summed E-state index contributed by atoms with van der Waals surface area (Å²) >= 11 is 0. The third-order valence-corrected chi connectivity index (χ3v) is 8.20. The molecule has 192 valence electrons. The number of nitrogens with one attached hydrogen (secondary N) is 1. The summed E-state index contributed by atoms with van der Waals surface area (Å²) in [6, 6.07) is 6.58. The molecule has 9 nitrogen and oxygen atoms in total. The normalized spacial score (nSPS) is 25.5. The van der Waals surface area contributed by atoms with E-state index in [1.165, 1.54) is 4.90 Å². The molecule has 1 aromatic carbocycles. The minimum atomic E-state index is -0.696. The molecular weight excluding hydrogens is 477 g/mol. The van der Waals surface area contributed by atoms with E-state index >= 15 is 4.39 Å². The fraction of sp³-hybridized carbons (Fsp3) is 0.444. The number of likely N-dealkylation sites (tertiary alicyclic amines) is 1. The van der Waals surface area contributed by atoms with Gasteiger partial charge < -0.3 is 9.80 Å². The Bertz CT molecular complexity index is 1320. The van der Waals surface area contributed by atoms with Crippen LogP contribution in [0.1, 0.15) is 54.1 Å². The summed E-state index contributed by atoms with van der Waals surface area (Å²) < 4.78 is 15.8. The average Bonchev–Trinajstić information content (AvgIpc) is 3.30. The Balaban J connectivity index is 1.23. The molecule has 10 heteroatoms. The van der Waals surface area contributed by atoms with E-state index < -0.39 is 11.9 Å². The molecular formula is C27H28FN5O4. The van der Waals surface area contributed by atoms with Crippen LogP contribution in [-0.2, 0) is 27.5 Å². The zero-order valence-corrected chi connectivity index (χ0v) is 20.6. The van der Waals surface area contributed by atoms with Crippen LogP contribution in [0.25, 0.3) is 11.3 Å². The summed E-state index contributed by atoms with van der Waals surface area (Å²) in [5.74, 6) is -1.36. The Kier molecular flexibility index (Phi) is 5.78. The SMILES string of the molecule is CC(=O)N1CC2CCC(C1)N2Cc1ccnc(-c2ccc3c(c2)CN(C2CCC(=O)NC2=O)C3=O)c1F. The summed E-state index contributed by atoms with van der Waals surface area (Å²) in [5.41, 5.74) is 2.53. The number of fused-ring (bicyclic) bond motifs is 3. The summed E-state index contributed by atoms with van der Waals surface area (Å²) in [7, 11) is 0. The van der Waals surface area contributed by atoms with E-state index in [4.69, 9.17) is 0 Å². The van der Waals surface area contributed by atoms with Gasteiger partial charge in [0.05, 0.1) is 0 Å². The first-order chi connectivity index (χ1) is 17.8. The highest BCUT2D eigenvalue weighted by molar-refractivity contribution is 6.05. The van der Waals surface area contributed by atoms with Crippen molar-refractivity contribution in [1.29, 1.82) is 0 Å². The van der Waals surface area contributed by atoms with Gasteiger partial charge in [0, 0.05) is 74.5 Å². The van der Waals surface area contributed by atoms with Crippen molar-refractivity contribution in [2.24, 2.45) is 0 Å². The average molecular weight is 506 g/mol. The molecule has 4 aliphatic heterocycles. The topological polar surface area (TPSA) is 103 Å². The summed E-state index contributed by atoms with van der Waals surface area (Å²) in [6.07, 6.45) is 4.08. The lowest BCUT2D eigenvalue weighted by Gasteiger charge is -2.40. The second-order valence-electron chi connectivity index (χ2n) is 10.4. The first kappa shape index (κ1) is 23.7. The zero-order chi connectivity index (χ0) is 25.8. The highest BCUT2D eigenvalue weighted by Gasteiger charge is 2.41. The molecule has 37 heavy (non-hydrogen) atoms. The van der Waals surface area contributed by atoms with E-state index in [0.717, 1.165) is 12.8 Å². The van der Waals surface area contributed by atoms with Gasteiger partial charge in [-0.2, -0.15) is 0 Å². The van der Waals surface area contributed by atoms with E-state index in [0.29, 0.717) is 41.9 Å². The van der Waals surface area contributed by atoms with Crippen LogP contribution >= 0.6 is 0 Å². The first-order valence-corrected chi connectivity index (χ1v) is 12.7. The van der Waals surface area contributed by atoms with Gasteiger partial charge in [0.15, 0.2) is 5.82 Å². The van der Waals surface area contributed by atoms with Crippen molar-refractivity contribution in [1.82, 2.24) is 25.0 Å². The number of halogens is 1. The van der Waals surface area contributed by atoms with Gasteiger partial charge in [0.2, 0.25) is 17.7 Å². The molecule has 1 N–H and O–H groups in total. The quantitative estimate of drug-likeness (QED) is 0.637. The van der Waals surface area contributed by atoms with Gasteiger partial charge in [-0.15, -0.1) is 0 Å². The summed E-state index contributed by atoms with van der Waals surface area (Å²) in [6.45, 7) is 3.62. The lowest BCUT2D eigenvalue weighted by molar-refractivity contribution is -0.137. The molecule has 0 radical (unpaired) electrons. The number of rotatable bonds is 4. The molecule has 0 saturated carbocycles. The molecule has 4 aliphatic rings. The predicted octanol–water partition coefficient (Wildman–Crippen LogP) is 1.84. The second kappa shape index (κ2) is 9.02. The maximum atomic E-state index is 15.8. The van der Waals surface area contributed by atoms with Gasteiger partial charge in [-0.05, 0) is 43.0 Å². The van der Waals surface area contributed by atoms with Gasteiger partial charge >= 0.3 is 0 Å². The van der Waals surface area contributed by atoms with Gasteiger partial charge in [0.1, 0.15) is 11.7 Å². The number of benzene rings is 1. The molecule has 2 aromatic rings. The number of amides is 4. The molecule has 2 bridgehead atoms. The maximum Gasteiger partial charge on any atom is 0.255 e. The predicted molar refractivity (Wildman–Crippen MR) is 130 cm³/mol. The summed E-state index contributed by atoms with van der Waals surface area (Å²) in [5, 5.41) is 2.30. The Morgan fingerprint density at radius 2 is 1.86 bits per heavy atom. The molecule has 3 saturated heterocycles. The van der Waals surface area contributed by atoms with Crippen molar-refractivity contribution in [2.45, 2.75) is 63.8 Å². The van der Waals surface area contributed by atoms with Crippen molar-refractivity contribution < 1.29 is 23.6 Å².